The Kier molecular flexibility index (Phi) is 5.40. The van der Waals surface area contributed by atoms with Gasteiger partial charge in [-0.15, -0.1) is 0 Å². The SMILES string of the molecule is CCC(CC)NC(=O)C(C)NC1(C)CCOC1. The van der Waals surface area contributed by atoms with Crippen molar-refractivity contribution >= 4 is 5.91 Å². The van der Waals surface area contributed by atoms with Crippen LogP contribution < -0.4 is 10.6 Å². The van der Waals surface area contributed by atoms with E-state index in [9.17, 15) is 4.79 Å². The molecule has 2 unspecified atom stereocenters. The second-order valence-electron chi connectivity index (χ2n) is 5.25. The van der Waals surface area contributed by atoms with E-state index >= 15 is 0 Å². The summed E-state index contributed by atoms with van der Waals surface area (Å²) in [5, 5.41) is 6.44. The Bertz CT molecular complexity index is 246. The van der Waals surface area contributed by atoms with E-state index in [1.807, 2.05) is 6.92 Å². The molecule has 2 N–H and O–H groups in total. The van der Waals surface area contributed by atoms with Crippen LogP contribution in [-0.4, -0.2) is 36.7 Å². The predicted molar refractivity (Wildman–Crippen MR) is 69.0 cm³/mol. The van der Waals surface area contributed by atoms with Gasteiger partial charge in [0.25, 0.3) is 0 Å². The maximum Gasteiger partial charge on any atom is 0.237 e. The summed E-state index contributed by atoms with van der Waals surface area (Å²) in [5.74, 6) is 0.0897. The molecule has 0 radical (unpaired) electrons. The van der Waals surface area contributed by atoms with Crippen LogP contribution in [-0.2, 0) is 9.53 Å². The molecule has 0 spiro atoms. The van der Waals surface area contributed by atoms with Gasteiger partial charge >= 0.3 is 0 Å². The van der Waals surface area contributed by atoms with Crippen LogP contribution in [0.25, 0.3) is 0 Å². The van der Waals surface area contributed by atoms with Crippen LogP contribution in [0.2, 0.25) is 0 Å². The van der Waals surface area contributed by atoms with Crippen LogP contribution in [0.3, 0.4) is 0 Å². The van der Waals surface area contributed by atoms with Crippen LogP contribution in [0.15, 0.2) is 0 Å². The van der Waals surface area contributed by atoms with Gasteiger partial charge in [0.15, 0.2) is 0 Å². The summed E-state index contributed by atoms with van der Waals surface area (Å²) < 4.78 is 5.37. The fourth-order valence-electron chi connectivity index (χ4n) is 2.19. The molecular weight excluding hydrogens is 216 g/mol. The van der Waals surface area contributed by atoms with Gasteiger partial charge in [0.2, 0.25) is 5.91 Å². The number of carbonyl (C=O) groups is 1. The zero-order valence-electron chi connectivity index (χ0n) is 11.5. The van der Waals surface area contributed by atoms with Gasteiger partial charge in [0, 0.05) is 18.2 Å². The summed E-state index contributed by atoms with van der Waals surface area (Å²) in [6.45, 7) is 9.69. The molecule has 4 heteroatoms. The quantitative estimate of drug-likeness (QED) is 0.741. The Balaban J connectivity index is 2.41. The van der Waals surface area contributed by atoms with Crippen LogP contribution >= 0.6 is 0 Å². The van der Waals surface area contributed by atoms with E-state index in [2.05, 4.69) is 31.4 Å². The maximum atomic E-state index is 12.0. The minimum absolute atomic E-state index is 0.0509. The van der Waals surface area contributed by atoms with Crippen LogP contribution in [0.5, 0.6) is 0 Å². The van der Waals surface area contributed by atoms with E-state index in [-0.39, 0.29) is 17.5 Å². The van der Waals surface area contributed by atoms with Crippen LogP contribution in [0.1, 0.15) is 47.0 Å². The fraction of sp³-hybridized carbons (Fsp3) is 0.923. The first-order valence-corrected chi connectivity index (χ1v) is 6.66. The third kappa shape index (κ3) is 4.28. The van der Waals surface area contributed by atoms with Gasteiger partial charge in [-0.25, -0.2) is 0 Å². The lowest BCUT2D eigenvalue weighted by molar-refractivity contribution is -0.124. The number of rotatable bonds is 6. The van der Waals surface area contributed by atoms with Gasteiger partial charge < -0.3 is 10.1 Å². The van der Waals surface area contributed by atoms with Crippen molar-refractivity contribution in [3.8, 4) is 0 Å². The lowest BCUT2D eigenvalue weighted by Crippen LogP contribution is -2.54. The molecule has 0 aliphatic carbocycles. The average molecular weight is 242 g/mol. The smallest absolute Gasteiger partial charge is 0.237 e. The first-order valence-electron chi connectivity index (χ1n) is 6.66. The Hall–Kier alpha value is -0.610. The van der Waals surface area contributed by atoms with Gasteiger partial charge in [-0.05, 0) is 33.1 Å². The molecule has 1 rings (SSSR count). The highest BCUT2D eigenvalue weighted by Gasteiger charge is 2.32. The molecule has 0 bridgehead atoms. The standard InChI is InChI=1S/C13H26N2O2/c1-5-11(6-2)14-12(16)10(3)15-13(4)7-8-17-9-13/h10-11,15H,5-9H2,1-4H3,(H,14,16). The highest BCUT2D eigenvalue weighted by molar-refractivity contribution is 5.81. The van der Waals surface area contributed by atoms with Gasteiger partial charge in [0.1, 0.15) is 0 Å². The van der Waals surface area contributed by atoms with E-state index < -0.39 is 0 Å². The van der Waals surface area contributed by atoms with E-state index in [0.717, 1.165) is 25.9 Å². The number of amides is 1. The number of nitrogens with one attached hydrogen (secondary N) is 2. The number of ether oxygens (including phenoxy) is 1. The van der Waals surface area contributed by atoms with Gasteiger partial charge in [-0.3, -0.25) is 10.1 Å². The van der Waals surface area contributed by atoms with Crippen molar-refractivity contribution in [1.82, 2.24) is 10.6 Å². The third-order valence-electron chi connectivity index (χ3n) is 3.51. The summed E-state index contributed by atoms with van der Waals surface area (Å²) in [6.07, 6.45) is 2.93. The molecule has 1 amide bonds. The normalized spacial score (nSPS) is 26.2. The molecule has 100 valence electrons. The van der Waals surface area contributed by atoms with Crippen molar-refractivity contribution in [3.63, 3.8) is 0 Å². The van der Waals surface area contributed by atoms with E-state index in [1.54, 1.807) is 0 Å². The Morgan fingerprint density at radius 2 is 2.06 bits per heavy atom. The molecule has 1 aliphatic heterocycles. The zero-order valence-corrected chi connectivity index (χ0v) is 11.5. The molecule has 0 aromatic heterocycles. The van der Waals surface area contributed by atoms with E-state index in [1.165, 1.54) is 0 Å². The van der Waals surface area contributed by atoms with Crippen molar-refractivity contribution in [1.29, 1.82) is 0 Å². The first kappa shape index (κ1) is 14.5. The zero-order chi connectivity index (χ0) is 12.9. The topological polar surface area (TPSA) is 50.4 Å². The Morgan fingerprint density at radius 1 is 1.41 bits per heavy atom. The molecule has 1 fully saturated rings. The minimum Gasteiger partial charge on any atom is -0.379 e. The fourth-order valence-corrected chi connectivity index (χ4v) is 2.19. The van der Waals surface area contributed by atoms with Gasteiger partial charge in [-0.1, -0.05) is 13.8 Å². The second-order valence-corrected chi connectivity index (χ2v) is 5.25. The van der Waals surface area contributed by atoms with Crippen LogP contribution in [0.4, 0.5) is 0 Å². The van der Waals surface area contributed by atoms with Crippen molar-refractivity contribution < 1.29 is 9.53 Å². The summed E-state index contributed by atoms with van der Waals surface area (Å²) >= 11 is 0. The first-order chi connectivity index (χ1) is 8.00. The molecule has 0 saturated carbocycles. The highest BCUT2D eigenvalue weighted by atomic mass is 16.5. The van der Waals surface area contributed by atoms with Gasteiger partial charge in [0.05, 0.1) is 12.6 Å². The number of hydrogen-bond acceptors (Lipinski definition) is 3. The molecule has 0 aromatic rings. The van der Waals surface area contributed by atoms with Gasteiger partial charge in [-0.2, -0.15) is 0 Å². The molecular formula is C13H26N2O2. The monoisotopic (exact) mass is 242 g/mol. The molecule has 2 atom stereocenters. The highest BCUT2D eigenvalue weighted by Crippen LogP contribution is 2.18. The van der Waals surface area contributed by atoms with Crippen molar-refractivity contribution in [2.75, 3.05) is 13.2 Å². The third-order valence-corrected chi connectivity index (χ3v) is 3.51. The van der Waals surface area contributed by atoms with Crippen molar-refractivity contribution in [2.45, 2.75) is 64.6 Å². The largest absolute Gasteiger partial charge is 0.379 e. The summed E-state index contributed by atoms with van der Waals surface area (Å²) in [4.78, 5) is 12.0. The van der Waals surface area contributed by atoms with E-state index in [4.69, 9.17) is 4.74 Å². The average Bonchev–Trinajstić information content (AvgIpc) is 2.72. The lowest BCUT2D eigenvalue weighted by Gasteiger charge is -2.28. The molecule has 4 nitrogen and oxygen atoms in total. The molecule has 0 aromatic carbocycles. The van der Waals surface area contributed by atoms with Crippen LogP contribution in [0, 0.1) is 0 Å². The minimum atomic E-state index is -0.165. The molecule has 1 saturated heterocycles. The molecule has 1 aliphatic rings. The molecule has 17 heavy (non-hydrogen) atoms. The Morgan fingerprint density at radius 3 is 2.53 bits per heavy atom. The maximum absolute atomic E-state index is 12.0. The lowest BCUT2D eigenvalue weighted by atomic mass is 10.0. The summed E-state index contributed by atoms with van der Waals surface area (Å²) in [7, 11) is 0. The van der Waals surface area contributed by atoms with Crippen molar-refractivity contribution in [2.24, 2.45) is 0 Å². The predicted octanol–water partition coefficient (Wildman–Crippen LogP) is 1.45. The number of hydrogen-bond donors (Lipinski definition) is 2. The Labute approximate surface area is 104 Å². The van der Waals surface area contributed by atoms with E-state index in [0.29, 0.717) is 12.6 Å². The summed E-state index contributed by atoms with van der Waals surface area (Å²) in [6, 6.07) is 0.127. The van der Waals surface area contributed by atoms with Crippen molar-refractivity contribution in [3.05, 3.63) is 0 Å². The summed E-state index contributed by atoms with van der Waals surface area (Å²) in [5.41, 5.74) is -0.0509. The second kappa shape index (κ2) is 6.36. The molecule has 1 heterocycles. The number of carbonyl (C=O) groups excluding carboxylic acids is 1.